The van der Waals surface area contributed by atoms with Gasteiger partial charge in [0.15, 0.2) is 5.65 Å². The fourth-order valence-corrected chi connectivity index (χ4v) is 2.95. The molecule has 0 atom stereocenters. The minimum Gasteiger partial charge on any atom is -0.399 e. The lowest BCUT2D eigenvalue weighted by Crippen LogP contribution is -2.16. The van der Waals surface area contributed by atoms with E-state index in [0.717, 1.165) is 22.4 Å². The summed E-state index contributed by atoms with van der Waals surface area (Å²) in [4.78, 5) is 21.2. The summed E-state index contributed by atoms with van der Waals surface area (Å²) in [5.41, 5.74) is 10.9. The van der Waals surface area contributed by atoms with Gasteiger partial charge in [0, 0.05) is 17.4 Å². The van der Waals surface area contributed by atoms with E-state index in [4.69, 9.17) is 5.73 Å². The van der Waals surface area contributed by atoms with Crippen molar-refractivity contribution in [3.8, 4) is 11.3 Å². The molecule has 0 aliphatic carbocycles. The van der Waals surface area contributed by atoms with Crippen molar-refractivity contribution in [1.29, 1.82) is 0 Å². The summed E-state index contributed by atoms with van der Waals surface area (Å²) in [6.07, 6.45) is 5.50. The Morgan fingerprint density at radius 2 is 1.85 bits per heavy atom. The van der Waals surface area contributed by atoms with E-state index in [9.17, 15) is 4.79 Å². The smallest absolute Gasteiger partial charge is 0.229 e. The average Bonchev–Trinajstić information content (AvgIpc) is 3.06. The number of benzene rings is 2. The number of carbonyl (C=O) groups excluding carboxylic acids is 1. The molecule has 1 amide bonds. The predicted molar refractivity (Wildman–Crippen MR) is 106 cm³/mol. The van der Waals surface area contributed by atoms with E-state index in [2.05, 4.69) is 15.3 Å². The normalized spacial score (nSPS) is 10.9. The quantitative estimate of drug-likeness (QED) is 0.548. The second kappa shape index (κ2) is 6.92. The van der Waals surface area contributed by atoms with Crippen LogP contribution in [0.15, 0.2) is 67.1 Å². The van der Waals surface area contributed by atoms with Crippen LogP contribution in [0.2, 0.25) is 0 Å². The molecule has 3 N–H and O–H groups in total. The molecular weight excluding hydrogens is 338 g/mol. The first-order valence-corrected chi connectivity index (χ1v) is 8.63. The van der Waals surface area contributed by atoms with Gasteiger partial charge < -0.3 is 11.1 Å². The molecule has 0 radical (unpaired) electrons. The Bertz CT molecular complexity index is 1120. The van der Waals surface area contributed by atoms with Crippen LogP contribution in [-0.4, -0.2) is 20.3 Å². The van der Waals surface area contributed by atoms with Crippen LogP contribution in [0.4, 0.5) is 11.5 Å². The Morgan fingerprint density at radius 1 is 1.07 bits per heavy atom. The lowest BCUT2D eigenvalue weighted by Gasteiger charge is -2.08. The lowest BCUT2D eigenvalue weighted by molar-refractivity contribution is -0.115. The zero-order valence-corrected chi connectivity index (χ0v) is 14.9. The predicted octanol–water partition coefficient (Wildman–Crippen LogP) is 3.47. The number of nitrogens with zero attached hydrogens (tertiary/aromatic N) is 3. The molecule has 4 aromatic rings. The van der Waals surface area contributed by atoms with E-state index in [1.807, 2.05) is 66.1 Å². The number of hydrogen-bond donors (Lipinski definition) is 2. The van der Waals surface area contributed by atoms with E-state index >= 15 is 0 Å². The second-order valence-corrected chi connectivity index (χ2v) is 6.42. The van der Waals surface area contributed by atoms with Gasteiger partial charge in [-0.15, -0.1) is 0 Å². The molecule has 6 heteroatoms. The lowest BCUT2D eigenvalue weighted by atomic mass is 10.1. The molecule has 0 saturated heterocycles. The summed E-state index contributed by atoms with van der Waals surface area (Å²) in [7, 11) is 0. The van der Waals surface area contributed by atoms with Crippen molar-refractivity contribution in [2.75, 3.05) is 11.1 Å². The molecule has 0 aliphatic heterocycles. The summed E-state index contributed by atoms with van der Waals surface area (Å²) in [6.45, 7) is 2.00. The van der Waals surface area contributed by atoms with E-state index in [-0.39, 0.29) is 5.91 Å². The van der Waals surface area contributed by atoms with Crippen LogP contribution in [0.5, 0.6) is 0 Å². The Balaban J connectivity index is 1.60. The number of nitrogen functional groups attached to an aromatic ring is 1. The fourth-order valence-electron chi connectivity index (χ4n) is 2.95. The van der Waals surface area contributed by atoms with Gasteiger partial charge in [-0.2, -0.15) is 0 Å². The number of imidazole rings is 1. The third-order valence-electron chi connectivity index (χ3n) is 4.48. The second-order valence-electron chi connectivity index (χ2n) is 6.42. The van der Waals surface area contributed by atoms with Crippen molar-refractivity contribution in [2.24, 2.45) is 0 Å². The average molecular weight is 357 g/mol. The summed E-state index contributed by atoms with van der Waals surface area (Å²) in [5, 5.41) is 2.94. The zero-order valence-electron chi connectivity index (χ0n) is 14.9. The highest BCUT2D eigenvalue weighted by Gasteiger charge is 2.11. The first kappa shape index (κ1) is 16.8. The maximum atomic E-state index is 12.5. The number of aryl methyl sites for hydroxylation is 1. The maximum absolute atomic E-state index is 12.5. The number of aromatic nitrogens is 3. The molecular formula is C21H19N5O. The minimum absolute atomic E-state index is 0.0862. The molecule has 0 unspecified atom stereocenters. The van der Waals surface area contributed by atoms with Crippen molar-refractivity contribution in [3.63, 3.8) is 0 Å². The standard InChI is InChI=1S/C21H19N5O/c1-14-4-2-3-5-16(14)10-21(27)25-20-12-24-19-11-23-18(13-26(19)20)15-6-8-17(22)9-7-15/h2-9,11-13H,10,22H2,1H3,(H,25,27). The Hall–Kier alpha value is -3.67. The topological polar surface area (TPSA) is 85.3 Å². The van der Waals surface area contributed by atoms with Gasteiger partial charge in [0.2, 0.25) is 5.91 Å². The van der Waals surface area contributed by atoms with Gasteiger partial charge in [0.1, 0.15) is 5.82 Å². The summed E-state index contributed by atoms with van der Waals surface area (Å²) < 4.78 is 1.83. The highest BCUT2D eigenvalue weighted by Crippen LogP contribution is 2.21. The number of amides is 1. The molecule has 4 rings (SSSR count). The number of nitrogens with two attached hydrogens (primary N) is 1. The third kappa shape index (κ3) is 3.50. The number of anilines is 2. The van der Waals surface area contributed by atoms with Gasteiger partial charge in [0.05, 0.1) is 24.5 Å². The maximum Gasteiger partial charge on any atom is 0.229 e. The van der Waals surface area contributed by atoms with E-state index < -0.39 is 0 Å². The van der Waals surface area contributed by atoms with Crippen LogP contribution in [0.25, 0.3) is 16.9 Å². The first-order valence-electron chi connectivity index (χ1n) is 8.63. The summed E-state index contributed by atoms with van der Waals surface area (Å²) in [5.74, 6) is 0.527. The number of fused-ring (bicyclic) bond motifs is 1. The molecule has 0 saturated carbocycles. The van der Waals surface area contributed by atoms with Gasteiger partial charge in [-0.3, -0.25) is 14.2 Å². The highest BCUT2D eigenvalue weighted by atomic mass is 16.1. The van der Waals surface area contributed by atoms with Crippen LogP contribution < -0.4 is 11.1 Å². The van der Waals surface area contributed by atoms with E-state index in [1.54, 1.807) is 12.4 Å². The minimum atomic E-state index is -0.0862. The monoisotopic (exact) mass is 357 g/mol. The van der Waals surface area contributed by atoms with Gasteiger partial charge in [-0.1, -0.05) is 36.4 Å². The number of carbonyl (C=O) groups is 1. The summed E-state index contributed by atoms with van der Waals surface area (Å²) in [6, 6.07) is 15.4. The van der Waals surface area contributed by atoms with Crippen molar-refractivity contribution in [2.45, 2.75) is 13.3 Å². The molecule has 6 nitrogen and oxygen atoms in total. The third-order valence-corrected chi connectivity index (χ3v) is 4.48. The molecule has 0 spiro atoms. The first-order chi connectivity index (χ1) is 13.1. The van der Waals surface area contributed by atoms with Crippen LogP contribution in [0.1, 0.15) is 11.1 Å². The van der Waals surface area contributed by atoms with E-state index in [1.165, 1.54) is 0 Å². The highest BCUT2D eigenvalue weighted by molar-refractivity contribution is 5.92. The Kier molecular flexibility index (Phi) is 4.30. The van der Waals surface area contributed by atoms with Crippen LogP contribution in [-0.2, 0) is 11.2 Å². The van der Waals surface area contributed by atoms with Crippen LogP contribution in [0, 0.1) is 6.92 Å². The number of nitrogens with one attached hydrogen (secondary N) is 1. The molecule has 2 aromatic heterocycles. The fraction of sp³-hybridized carbons (Fsp3) is 0.0952. The molecule has 134 valence electrons. The zero-order chi connectivity index (χ0) is 18.8. The Labute approximate surface area is 156 Å². The molecule has 2 heterocycles. The SMILES string of the molecule is Cc1ccccc1CC(=O)Nc1cnc2cnc(-c3ccc(N)cc3)cn12. The van der Waals surface area contributed by atoms with Crippen LogP contribution in [0.3, 0.4) is 0 Å². The molecule has 0 bridgehead atoms. The molecule has 2 aromatic carbocycles. The van der Waals surface area contributed by atoms with Crippen molar-refractivity contribution in [1.82, 2.24) is 14.4 Å². The van der Waals surface area contributed by atoms with Gasteiger partial charge in [0.25, 0.3) is 0 Å². The number of hydrogen-bond acceptors (Lipinski definition) is 4. The van der Waals surface area contributed by atoms with Crippen molar-refractivity contribution >= 4 is 23.1 Å². The number of rotatable bonds is 4. The molecule has 0 aliphatic rings. The molecule has 0 fully saturated rings. The van der Waals surface area contributed by atoms with Gasteiger partial charge in [-0.05, 0) is 30.2 Å². The van der Waals surface area contributed by atoms with Crippen molar-refractivity contribution in [3.05, 3.63) is 78.2 Å². The van der Waals surface area contributed by atoms with Gasteiger partial charge in [-0.25, -0.2) is 4.98 Å². The molecule has 27 heavy (non-hydrogen) atoms. The summed E-state index contributed by atoms with van der Waals surface area (Å²) >= 11 is 0. The van der Waals surface area contributed by atoms with E-state index in [0.29, 0.717) is 23.6 Å². The Morgan fingerprint density at radius 3 is 2.63 bits per heavy atom. The van der Waals surface area contributed by atoms with Crippen LogP contribution >= 0.6 is 0 Å². The van der Waals surface area contributed by atoms with Crippen molar-refractivity contribution < 1.29 is 4.79 Å². The largest absolute Gasteiger partial charge is 0.399 e. The van der Waals surface area contributed by atoms with Gasteiger partial charge >= 0.3 is 0 Å².